The van der Waals surface area contributed by atoms with Gasteiger partial charge in [-0.3, -0.25) is 4.79 Å². The lowest BCUT2D eigenvalue weighted by Crippen LogP contribution is -2.33. The van der Waals surface area contributed by atoms with Gasteiger partial charge in [-0.1, -0.05) is 0 Å². The fourth-order valence-corrected chi connectivity index (χ4v) is 1.35. The maximum absolute atomic E-state index is 11.2. The van der Waals surface area contributed by atoms with E-state index >= 15 is 0 Å². The minimum Gasteiger partial charge on any atom is -0.480 e. The van der Waals surface area contributed by atoms with Crippen LogP contribution in [0.15, 0.2) is 12.1 Å². The number of carbonyl (C=O) groups excluding carboxylic acids is 1. The minimum atomic E-state index is -0.991. The van der Waals surface area contributed by atoms with E-state index in [-0.39, 0.29) is 12.2 Å². The van der Waals surface area contributed by atoms with Crippen LogP contribution in [0.3, 0.4) is 0 Å². The molecule has 0 amide bonds. The second-order valence-corrected chi connectivity index (χ2v) is 3.58. The number of anilines is 1. The normalized spacial score (nSPS) is 10.0. The molecule has 104 valence electrons. The first-order valence-electron chi connectivity index (χ1n) is 5.46. The molecule has 1 heterocycles. The van der Waals surface area contributed by atoms with Gasteiger partial charge >= 0.3 is 11.9 Å². The van der Waals surface area contributed by atoms with Crippen LogP contribution >= 0.6 is 0 Å². The van der Waals surface area contributed by atoms with E-state index in [2.05, 4.69) is 14.9 Å². The maximum atomic E-state index is 11.2. The summed E-state index contributed by atoms with van der Waals surface area (Å²) in [6.07, 6.45) is 0. The fourth-order valence-electron chi connectivity index (χ4n) is 1.35. The summed E-state index contributed by atoms with van der Waals surface area (Å²) >= 11 is 0. The number of aliphatic carboxylic acids is 1. The highest BCUT2D eigenvalue weighted by molar-refractivity contribution is 5.87. The first-order chi connectivity index (χ1) is 9.08. The van der Waals surface area contributed by atoms with Gasteiger partial charge in [-0.15, -0.1) is 10.2 Å². The van der Waals surface area contributed by atoms with Crippen LogP contribution in [0.2, 0.25) is 0 Å². The SMILES string of the molecule is COCCN(CC(=O)O)c1ccc(C(=O)OC)nn1. The van der Waals surface area contributed by atoms with Crippen molar-refractivity contribution >= 4 is 17.8 Å². The van der Waals surface area contributed by atoms with Crippen LogP contribution in [0.25, 0.3) is 0 Å². The average molecular weight is 269 g/mol. The number of methoxy groups -OCH3 is 2. The van der Waals surface area contributed by atoms with Crippen molar-refractivity contribution in [1.82, 2.24) is 10.2 Å². The predicted molar refractivity (Wildman–Crippen MR) is 65.1 cm³/mol. The van der Waals surface area contributed by atoms with Crippen LogP contribution in [0.1, 0.15) is 10.5 Å². The zero-order chi connectivity index (χ0) is 14.3. The zero-order valence-corrected chi connectivity index (χ0v) is 10.7. The molecule has 1 rings (SSSR count). The molecule has 0 radical (unpaired) electrons. The van der Waals surface area contributed by atoms with Crippen LogP contribution in [0.5, 0.6) is 0 Å². The number of esters is 1. The van der Waals surface area contributed by atoms with E-state index in [0.29, 0.717) is 19.0 Å². The van der Waals surface area contributed by atoms with Gasteiger partial charge in [0.25, 0.3) is 0 Å². The number of carbonyl (C=O) groups is 2. The predicted octanol–water partition coefficient (Wildman–Crippen LogP) is -0.199. The highest BCUT2D eigenvalue weighted by Gasteiger charge is 2.14. The molecule has 19 heavy (non-hydrogen) atoms. The van der Waals surface area contributed by atoms with Crippen LogP contribution in [0, 0.1) is 0 Å². The molecule has 0 aliphatic heterocycles. The molecule has 8 heteroatoms. The minimum absolute atomic E-state index is 0.0632. The Hall–Kier alpha value is -2.22. The first-order valence-corrected chi connectivity index (χ1v) is 5.46. The molecule has 1 aromatic rings. The largest absolute Gasteiger partial charge is 0.480 e. The van der Waals surface area contributed by atoms with Crippen molar-refractivity contribution in [1.29, 1.82) is 0 Å². The van der Waals surface area contributed by atoms with E-state index in [1.54, 1.807) is 0 Å². The third-order valence-corrected chi connectivity index (χ3v) is 2.26. The van der Waals surface area contributed by atoms with Crippen molar-refractivity contribution < 1.29 is 24.2 Å². The quantitative estimate of drug-likeness (QED) is 0.679. The van der Waals surface area contributed by atoms with Gasteiger partial charge in [0.2, 0.25) is 0 Å². The van der Waals surface area contributed by atoms with Gasteiger partial charge in [-0.2, -0.15) is 0 Å². The van der Waals surface area contributed by atoms with Crippen molar-refractivity contribution in [2.45, 2.75) is 0 Å². The lowest BCUT2D eigenvalue weighted by molar-refractivity contribution is -0.135. The topological polar surface area (TPSA) is 102 Å². The lowest BCUT2D eigenvalue weighted by Gasteiger charge is -2.20. The summed E-state index contributed by atoms with van der Waals surface area (Å²) in [7, 11) is 2.76. The van der Waals surface area contributed by atoms with Gasteiger partial charge < -0.3 is 19.5 Å². The van der Waals surface area contributed by atoms with Gasteiger partial charge in [0.05, 0.1) is 13.7 Å². The Balaban J connectivity index is 2.83. The zero-order valence-electron chi connectivity index (χ0n) is 10.7. The van der Waals surface area contributed by atoms with E-state index in [4.69, 9.17) is 9.84 Å². The molecule has 0 unspecified atom stereocenters. The molecule has 0 saturated heterocycles. The molecule has 8 nitrogen and oxygen atoms in total. The Morgan fingerprint density at radius 2 is 2.05 bits per heavy atom. The van der Waals surface area contributed by atoms with E-state index in [1.807, 2.05) is 0 Å². The molecule has 0 fully saturated rings. The molecular formula is C11H15N3O5. The highest BCUT2D eigenvalue weighted by Crippen LogP contribution is 2.09. The molecule has 0 aromatic carbocycles. The summed E-state index contributed by atoms with van der Waals surface area (Å²) in [4.78, 5) is 23.4. The number of rotatable bonds is 7. The van der Waals surface area contributed by atoms with E-state index in [0.717, 1.165) is 0 Å². The van der Waals surface area contributed by atoms with Crippen molar-refractivity contribution in [3.63, 3.8) is 0 Å². The molecule has 1 aromatic heterocycles. The summed E-state index contributed by atoms with van der Waals surface area (Å²) < 4.78 is 9.39. The molecular weight excluding hydrogens is 254 g/mol. The number of nitrogens with zero attached hydrogens (tertiary/aromatic N) is 3. The van der Waals surface area contributed by atoms with Gasteiger partial charge in [-0.05, 0) is 12.1 Å². The third-order valence-electron chi connectivity index (χ3n) is 2.26. The summed E-state index contributed by atoms with van der Waals surface area (Å²) in [6.45, 7) is 0.484. The Kier molecular flexibility index (Phi) is 5.68. The second-order valence-electron chi connectivity index (χ2n) is 3.58. The summed E-state index contributed by atoms with van der Waals surface area (Å²) in [6, 6.07) is 2.94. The summed E-state index contributed by atoms with van der Waals surface area (Å²) in [5.41, 5.74) is 0.0632. The number of hydrogen-bond donors (Lipinski definition) is 1. The highest BCUT2D eigenvalue weighted by atomic mass is 16.5. The van der Waals surface area contributed by atoms with Crippen molar-refractivity contribution in [2.75, 3.05) is 38.8 Å². The standard InChI is InChI=1S/C11H15N3O5/c1-18-6-5-14(7-10(15)16)9-4-3-8(12-13-9)11(17)19-2/h3-4H,5-7H2,1-2H3,(H,15,16). The number of hydrogen-bond acceptors (Lipinski definition) is 7. The Morgan fingerprint density at radius 1 is 1.32 bits per heavy atom. The van der Waals surface area contributed by atoms with Gasteiger partial charge in [0.1, 0.15) is 6.54 Å². The van der Waals surface area contributed by atoms with Gasteiger partial charge in [-0.25, -0.2) is 4.79 Å². The van der Waals surface area contributed by atoms with Crippen LogP contribution in [-0.4, -0.2) is 61.2 Å². The van der Waals surface area contributed by atoms with E-state index in [9.17, 15) is 9.59 Å². The summed E-state index contributed by atoms with van der Waals surface area (Å²) in [5.74, 6) is -1.23. The molecule has 0 saturated carbocycles. The van der Waals surface area contributed by atoms with Gasteiger partial charge in [0.15, 0.2) is 11.5 Å². The number of carboxylic acids is 1. The van der Waals surface area contributed by atoms with Crippen molar-refractivity contribution in [2.24, 2.45) is 0 Å². The lowest BCUT2D eigenvalue weighted by atomic mass is 10.3. The molecule has 0 spiro atoms. The molecule has 1 N–H and O–H groups in total. The molecule has 0 aliphatic rings. The number of carboxylic acid groups (broad SMARTS) is 1. The second kappa shape index (κ2) is 7.27. The van der Waals surface area contributed by atoms with E-state index < -0.39 is 11.9 Å². The number of ether oxygens (including phenoxy) is 2. The smallest absolute Gasteiger partial charge is 0.358 e. The molecule has 0 atom stereocenters. The van der Waals surface area contributed by atoms with Crippen LogP contribution in [-0.2, 0) is 14.3 Å². The average Bonchev–Trinajstić information content (AvgIpc) is 2.42. The molecule has 0 aliphatic carbocycles. The number of aromatic nitrogens is 2. The van der Waals surface area contributed by atoms with Gasteiger partial charge in [0, 0.05) is 13.7 Å². The van der Waals surface area contributed by atoms with Crippen LogP contribution < -0.4 is 4.90 Å². The fraction of sp³-hybridized carbons (Fsp3) is 0.455. The summed E-state index contributed by atoms with van der Waals surface area (Å²) in [5, 5.41) is 16.3. The van der Waals surface area contributed by atoms with Crippen molar-refractivity contribution in [3.05, 3.63) is 17.8 Å². The first kappa shape index (κ1) is 14.8. The maximum Gasteiger partial charge on any atom is 0.358 e. The van der Waals surface area contributed by atoms with E-state index in [1.165, 1.54) is 31.3 Å². The monoisotopic (exact) mass is 269 g/mol. The Morgan fingerprint density at radius 3 is 2.53 bits per heavy atom. The molecule has 0 bridgehead atoms. The third kappa shape index (κ3) is 4.51. The Labute approximate surface area is 109 Å². The van der Waals surface area contributed by atoms with Crippen LogP contribution in [0.4, 0.5) is 5.82 Å². The Bertz CT molecular complexity index is 434. The van der Waals surface area contributed by atoms with Crippen molar-refractivity contribution in [3.8, 4) is 0 Å².